The molecule has 2 saturated heterocycles. The van der Waals surface area contributed by atoms with E-state index in [1.807, 2.05) is 11.8 Å². The Kier molecular flexibility index (Phi) is 6.66. The van der Waals surface area contributed by atoms with Crippen molar-refractivity contribution < 1.29 is 13.2 Å². The zero-order valence-electron chi connectivity index (χ0n) is 21.2. The Hall–Kier alpha value is -2.56. The summed E-state index contributed by atoms with van der Waals surface area (Å²) in [5.41, 5.74) is 1.95. The van der Waals surface area contributed by atoms with Crippen LogP contribution in [0.3, 0.4) is 0 Å². The molecule has 6 rings (SSSR count). The first-order valence-electron chi connectivity index (χ1n) is 13.3. The Balaban J connectivity index is 1.14. The molecule has 2 aromatic heterocycles. The van der Waals surface area contributed by atoms with Crippen molar-refractivity contribution in [3.63, 3.8) is 0 Å². The minimum atomic E-state index is -3.55. The number of nitrogens with zero attached hydrogens (tertiary/aromatic N) is 5. The largest absolute Gasteiger partial charge is 0.352 e. The van der Waals surface area contributed by atoms with Gasteiger partial charge in [-0.1, -0.05) is 6.42 Å². The average molecular weight is 540 g/mol. The normalized spacial score (nSPS) is 21.3. The second-order valence-corrected chi connectivity index (χ2v) is 13.3. The maximum atomic E-state index is 13.2. The summed E-state index contributed by atoms with van der Waals surface area (Å²) in [4.78, 5) is 29.4. The lowest BCUT2D eigenvalue weighted by atomic mass is 9.97. The van der Waals surface area contributed by atoms with Crippen LogP contribution in [0.2, 0.25) is 0 Å². The lowest BCUT2D eigenvalue weighted by Gasteiger charge is -2.36. The highest BCUT2D eigenvalue weighted by Gasteiger charge is 2.31. The monoisotopic (exact) mass is 539 g/mol. The first kappa shape index (κ1) is 24.8. The lowest BCUT2D eigenvalue weighted by Crippen LogP contribution is -2.49. The molecule has 1 aromatic carbocycles. The smallest absolute Gasteiger partial charge is 0.253 e. The highest BCUT2D eigenvalue weighted by atomic mass is 32.2. The molecular formula is C27H33N5O3S2. The Morgan fingerprint density at radius 2 is 1.70 bits per heavy atom. The third-order valence-electron chi connectivity index (χ3n) is 8.05. The summed E-state index contributed by atoms with van der Waals surface area (Å²) in [6, 6.07) is 6.48. The van der Waals surface area contributed by atoms with Crippen molar-refractivity contribution in [2.24, 2.45) is 0 Å². The third-order valence-corrected chi connectivity index (χ3v) is 11.3. The molecule has 1 amide bonds. The number of piperidine rings is 1. The van der Waals surface area contributed by atoms with Crippen LogP contribution < -0.4 is 4.90 Å². The summed E-state index contributed by atoms with van der Waals surface area (Å²) in [6.45, 7) is 5.14. The van der Waals surface area contributed by atoms with Crippen molar-refractivity contribution in [1.29, 1.82) is 0 Å². The molecule has 37 heavy (non-hydrogen) atoms. The van der Waals surface area contributed by atoms with Crippen molar-refractivity contribution in [3.8, 4) is 0 Å². The van der Waals surface area contributed by atoms with Gasteiger partial charge in [-0.05, 0) is 75.3 Å². The number of aromatic nitrogens is 2. The first-order valence-corrected chi connectivity index (χ1v) is 15.6. The molecule has 0 spiro atoms. The molecule has 10 heteroatoms. The number of piperazine rings is 1. The van der Waals surface area contributed by atoms with Gasteiger partial charge in [0.25, 0.3) is 5.91 Å². The maximum absolute atomic E-state index is 13.2. The van der Waals surface area contributed by atoms with E-state index in [1.54, 1.807) is 46.2 Å². The molecule has 0 bridgehead atoms. The van der Waals surface area contributed by atoms with Gasteiger partial charge >= 0.3 is 0 Å². The number of hydrogen-bond donors (Lipinski definition) is 0. The van der Waals surface area contributed by atoms with E-state index in [-0.39, 0.29) is 16.8 Å². The van der Waals surface area contributed by atoms with E-state index in [4.69, 9.17) is 0 Å². The van der Waals surface area contributed by atoms with E-state index < -0.39 is 10.0 Å². The fourth-order valence-electron chi connectivity index (χ4n) is 5.95. The average Bonchev–Trinajstić information content (AvgIpc) is 3.32. The maximum Gasteiger partial charge on any atom is 0.253 e. The molecule has 8 nitrogen and oxygen atoms in total. The highest BCUT2D eigenvalue weighted by Crippen LogP contribution is 2.39. The predicted molar refractivity (Wildman–Crippen MR) is 146 cm³/mol. The van der Waals surface area contributed by atoms with E-state index in [2.05, 4.69) is 14.9 Å². The summed E-state index contributed by atoms with van der Waals surface area (Å²) in [5.74, 6) is 0.939. The molecular weight excluding hydrogens is 506 g/mol. The Morgan fingerprint density at radius 1 is 0.946 bits per heavy atom. The molecule has 3 aromatic rings. The van der Waals surface area contributed by atoms with Gasteiger partial charge in [0.05, 0.1) is 10.3 Å². The van der Waals surface area contributed by atoms with Crippen LogP contribution in [0.4, 0.5) is 5.82 Å². The van der Waals surface area contributed by atoms with Crippen LogP contribution in [0.15, 0.2) is 35.5 Å². The van der Waals surface area contributed by atoms with Gasteiger partial charge in [-0.25, -0.2) is 18.4 Å². The third kappa shape index (κ3) is 4.53. The summed E-state index contributed by atoms with van der Waals surface area (Å²) >= 11 is 1.80. The molecule has 0 N–H and O–H groups in total. The van der Waals surface area contributed by atoms with Crippen molar-refractivity contribution in [3.05, 3.63) is 46.6 Å². The van der Waals surface area contributed by atoms with Gasteiger partial charge in [0, 0.05) is 49.2 Å². The number of sulfonamides is 1. The van der Waals surface area contributed by atoms with E-state index in [9.17, 15) is 13.2 Å². The Labute approximate surface area is 222 Å². The van der Waals surface area contributed by atoms with Gasteiger partial charge in [0.1, 0.15) is 17.0 Å². The fraction of sp³-hybridized carbons (Fsp3) is 0.519. The number of anilines is 1. The number of rotatable bonds is 4. The minimum Gasteiger partial charge on any atom is -0.352 e. The van der Waals surface area contributed by atoms with Gasteiger partial charge < -0.3 is 9.80 Å². The van der Waals surface area contributed by atoms with Crippen LogP contribution >= 0.6 is 11.3 Å². The summed E-state index contributed by atoms with van der Waals surface area (Å²) < 4.78 is 27.9. The van der Waals surface area contributed by atoms with Crippen LogP contribution in [0.1, 0.15) is 59.8 Å². The molecule has 0 unspecified atom stereocenters. The van der Waals surface area contributed by atoms with Crippen molar-refractivity contribution in [2.75, 3.05) is 37.6 Å². The second-order valence-electron chi connectivity index (χ2n) is 10.4. The number of aryl methyl sites for hydroxylation is 2. The van der Waals surface area contributed by atoms with Crippen LogP contribution in [0.5, 0.6) is 0 Å². The molecule has 2 fully saturated rings. The molecule has 2 aliphatic heterocycles. The number of carbonyl (C=O) groups is 1. The predicted octanol–water partition coefficient (Wildman–Crippen LogP) is 4.10. The Morgan fingerprint density at radius 3 is 2.46 bits per heavy atom. The number of amides is 1. The first-order chi connectivity index (χ1) is 17.9. The number of benzene rings is 1. The van der Waals surface area contributed by atoms with Gasteiger partial charge in [-0.15, -0.1) is 11.3 Å². The second kappa shape index (κ2) is 9.96. The quantitative estimate of drug-likeness (QED) is 0.496. The molecule has 1 aliphatic carbocycles. The van der Waals surface area contributed by atoms with Crippen molar-refractivity contribution in [2.45, 2.75) is 62.8 Å². The van der Waals surface area contributed by atoms with E-state index in [0.717, 1.165) is 42.8 Å². The molecule has 3 aliphatic rings. The SMILES string of the molecule is C[C@H]1CCCCN1S(=O)(=O)c1ccc(C(=O)N2CCN(c3ncnc4sc5c(c34)CCCC5)CC2)cc1. The zero-order chi connectivity index (χ0) is 25.6. The van der Waals surface area contributed by atoms with Crippen LogP contribution in [0.25, 0.3) is 10.2 Å². The van der Waals surface area contributed by atoms with Crippen molar-refractivity contribution >= 4 is 43.3 Å². The fourth-order valence-corrected chi connectivity index (χ4v) is 8.87. The molecule has 4 heterocycles. The molecule has 196 valence electrons. The van der Waals surface area contributed by atoms with Crippen LogP contribution in [0, 0.1) is 0 Å². The standard InChI is InChI=1S/C27H33N5O3S2/c1-19-6-4-5-13-32(19)37(34,35)21-11-9-20(10-12-21)27(33)31-16-14-30(15-17-31)25-24-22-7-2-3-8-23(22)36-26(24)29-18-28-25/h9-12,18-19H,2-8,13-17H2,1H3/t19-/m0/s1. The topological polar surface area (TPSA) is 86.7 Å². The zero-order valence-corrected chi connectivity index (χ0v) is 22.9. The Bertz CT molecular complexity index is 1410. The molecule has 0 saturated carbocycles. The van der Waals surface area contributed by atoms with Gasteiger partial charge in [-0.2, -0.15) is 4.31 Å². The number of thiophene rings is 1. The highest BCUT2D eigenvalue weighted by molar-refractivity contribution is 7.89. The lowest BCUT2D eigenvalue weighted by molar-refractivity contribution is 0.0746. The molecule has 1 atom stereocenters. The summed E-state index contributed by atoms with van der Waals surface area (Å²) in [5, 5.41) is 1.21. The van der Waals surface area contributed by atoms with Crippen LogP contribution in [-0.2, 0) is 22.9 Å². The molecule has 0 radical (unpaired) electrons. The number of hydrogen-bond acceptors (Lipinski definition) is 7. The number of carbonyl (C=O) groups excluding carboxylic acids is 1. The minimum absolute atomic E-state index is 0.00653. The summed E-state index contributed by atoms with van der Waals surface area (Å²) in [7, 11) is -3.55. The van der Waals surface area contributed by atoms with E-state index >= 15 is 0 Å². The van der Waals surface area contributed by atoms with Gasteiger partial charge in [-0.3, -0.25) is 4.79 Å². The van der Waals surface area contributed by atoms with Gasteiger partial charge in [0.2, 0.25) is 10.0 Å². The van der Waals surface area contributed by atoms with Crippen molar-refractivity contribution in [1.82, 2.24) is 19.2 Å². The summed E-state index contributed by atoms with van der Waals surface area (Å²) in [6.07, 6.45) is 9.19. The van der Waals surface area contributed by atoms with E-state index in [1.165, 1.54) is 28.7 Å². The van der Waals surface area contributed by atoms with E-state index in [0.29, 0.717) is 38.3 Å². The van der Waals surface area contributed by atoms with Crippen LogP contribution in [-0.4, -0.2) is 72.3 Å². The number of fused-ring (bicyclic) bond motifs is 3. The van der Waals surface area contributed by atoms with Gasteiger partial charge in [0.15, 0.2) is 0 Å².